The lowest BCUT2D eigenvalue weighted by atomic mass is 10.2. The zero-order valence-corrected chi connectivity index (χ0v) is 6.20. The van der Waals surface area contributed by atoms with Gasteiger partial charge in [0, 0.05) is 12.6 Å². The number of pyridine rings is 1. The number of hydrogen-bond donors (Lipinski definition) is 0. The summed E-state index contributed by atoms with van der Waals surface area (Å²) in [6.07, 6.45) is 2.47. The van der Waals surface area contributed by atoms with Crippen LogP contribution in [0.3, 0.4) is 0 Å². The standard InChI is InChI=1S/C9H10FN/c1-2-5-8(10)9-6-3-4-7-11-9/h2-4,6-8H,1,5H2. The second-order valence-electron chi connectivity index (χ2n) is 2.25. The number of hydrogen-bond acceptors (Lipinski definition) is 1. The van der Waals surface area contributed by atoms with E-state index in [9.17, 15) is 4.39 Å². The number of alkyl halides is 1. The van der Waals surface area contributed by atoms with E-state index in [-0.39, 0.29) is 0 Å². The van der Waals surface area contributed by atoms with Crippen LogP contribution in [0.1, 0.15) is 18.3 Å². The summed E-state index contributed by atoms with van der Waals surface area (Å²) in [5.74, 6) is 0. The average Bonchev–Trinajstić information content (AvgIpc) is 2.07. The lowest BCUT2D eigenvalue weighted by Crippen LogP contribution is -1.92. The molecule has 0 saturated heterocycles. The molecule has 1 atom stereocenters. The SMILES string of the molecule is C=CCC(F)c1ccccn1. The van der Waals surface area contributed by atoms with Crippen LogP contribution >= 0.6 is 0 Å². The molecule has 11 heavy (non-hydrogen) atoms. The van der Waals surface area contributed by atoms with Gasteiger partial charge in [-0.25, -0.2) is 4.39 Å². The first kappa shape index (κ1) is 7.92. The van der Waals surface area contributed by atoms with E-state index in [1.54, 1.807) is 30.5 Å². The third-order valence-corrected chi connectivity index (χ3v) is 1.38. The molecule has 1 heterocycles. The molecule has 0 radical (unpaired) electrons. The van der Waals surface area contributed by atoms with Gasteiger partial charge in [0.1, 0.15) is 6.17 Å². The van der Waals surface area contributed by atoms with Crippen LogP contribution in [0.5, 0.6) is 0 Å². The fraction of sp³-hybridized carbons (Fsp3) is 0.222. The van der Waals surface area contributed by atoms with Gasteiger partial charge in [0.15, 0.2) is 0 Å². The smallest absolute Gasteiger partial charge is 0.145 e. The second kappa shape index (κ2) is 3.86. The molecule has 0 amide bonds. The molecule has 0 aliphatic carbocycles. The summed E-state index contributed by atoms with van der Waals surface area (Å²) >= 11 is 0. The topological polar surface area (TPSA) is 12.9 Å². The number of allylic oxidation sites excluding steroid dienone is 1. The zero-order valence-electron chi connectivity index (χ0n) is 6.20. The van der Waals surface area contributed by atoms with Crippen molar-refractivity contribution in [1.29, 1.82) is 0 Å². The summed E-state index contributed by atoms with van der Waals surface area (Å²) in [6, 6.07) is 5.22. The summed E-state index contributed by atoms with van der Waals surface area (Å²) < 4.78 is 13.0. The molecule has 0 aliphatic heterocycles. The molecule has 1 rings (SSSR count). The molecule has 58 valence electrons. The molecule has 0 aliphatic rings. The molecule has 1 aromatic heterocycles. The number of halogens is 1. The maximum absolute atomic E-state index is 13.0. The van der Waals surface area contributed by atoms with Crippen LogP contribution in [0.2, 0.25) is 0 Å². The summed E-state index contributed by atoms with van der Waals surface area (Å²) in [5, 5.41) is 0. The van der Waals surface area contributed by atoms with Crippen molar-refractivity contribution < 1.29 is 4.39 Å². The minimum Gasteiger partial charge on any atom is -0.258 e. The van der Waals surface area contributed by atoms with Crippen molar-refractivity contribution in [3.63, 3.8) is 0 Å². The molecule has 0 spiro atoms. The summed E-state index contributed by atoms with van der Waals surface area (Å²) in [6.45, 7) is 3.46. The van der Waals surface area contributed by atoms with E-state index in [0.717, 1.165) is 0 Å². The highest BCUT2D eigenvalue weighted by Crippen LogP contribution is 2.17. The van der Waals surface area contributed by atoms with Crippen LogP contribution in [0, 0.1) is 0 Å². The number of rotatable bonds is 3. The van der Waals surface area contributed by atoms with E-state index in [1.165, 1.54) is 0 Å². The Labute approximate surface area is 65.6 Å². The van der Waals surface area contributed by atoms with Gasteiger partial charge in [0.2, 0.25) is 0 Å². The molecule has 0 bridgehead atoms. The van der Waals surface area contributed by atoms with E-state index in [4.69, 9.17) is 0 Å². The lowest BCUT2D eigenvalue weighted by molar-refractivity contribution is 0.339. The monoisotopic (exact) mass is 151 g/mol. The lowest BCUT2D eigenvalue weighted by Gasteiger charge is -2.02. The minimum atomic E-state index is -1.01. The van der Waals surface area contributed by atoms with Gasteiger partial charge < -0.3 is 0 Å². The van der Waals surface area contributed by atoms with Crippen LogP contribution < -0.4 is 0 Å². The largest absolute Gasteiger partial charge is 0.258 e. The maximum atomic E-state index is 13.0. The van der Waals surface area contributed by atoms with E-state index in [1.807, 2.05) is 0 Å². The molecule has 1 unspecified atom stereocenters. The maximum Gasteiger partial charge on any atom is 0.145 e. The second-order valence-corrected chi connectivity index (χ2v) is 2.25. The Morgan fingerprint density at radius 3 is 3.00 bits per heavy atom. The third kappa shape index (κ3) is 2.15. The Morgan fingerprint density at radius 1 is 1.64 bits per heavy atom. The highest BCUT2D eigenvalue weighted by Gasteiger charge is 2.06. The molecule has 0 N–H and O–H groups in total. The summed E-state index contributed by atoms with van der Waals surface area (Å²) in [5.41, 5.74) is 0.479. The molecule has 0 aromatic carbocycles. The molecule has 0 fully saturated rings. The van der Waals surface area contributed by atoms with Crippen molar-refractivity contribution in [3.05, 3.63) is 42.7 Å². The first-order valence-corrected chi connectivity index (χ1v) is 3.50. The van der Waals surface area contributed by atoms with E-state index in [0.29, 0.717) is 12.1 Å². The van der Waals surface area contributed by atoms with Gasteiger partial charge in [0.05, 0.1) is 5.69 Å². The van der Waals surface area contributed by atoms with Gasteiger partial charge in [-0.05, 0) is 12.1 Å². The molecule has 0 saturated carbocycles. The van der Waals surface area contributed by atoms with Crippen LogP contribution in [0.4, 0.5) is 4.39 Å². The first-order chi connectivity index (χ1) is 5.34. The highest BCUT2D eigenvalue weighted by atomic mass is 19.1. The average molecular weight is 151 g/mol. The predicted octanol–water partition coefficient (Wildman–Crippen LogP) is 2.67. The quantitative estimate of drug-likeness (QED) is 0.605. The van der Waals surface area contributed by atoms with E-state index in [2.05, 4.69) is 11.6 Å². The fourth-order valence-corrected chi connectivity index (χ4v) is 0.828. The minimum absolute atomic E-state index is 0.330. The van der Waals surface area contributed by atoms with Crippen molar-refractivity contribution >= 4 is 0 Å². The van der Waals surface area contributed by atoms with Crippen molar-refractivity contribution in [2.75, 3.05) is 0 Å². The normalized spacial score (nSPS) is 12.5. The van der Waals surface area contributed by atoms with Gasteiger partial charge in [-0.15, -0.1) is 6.58 Å². The summed E-state index contributed by atoms with van der Waals surface area (Å²) in [4.78, 5) is 3.87. The Balaban J connectivity index is 2.68. The fourth-order valence-electron chi connectivity index (χ4n) is 0.828. The summed E-state index contributed by atoms with van der Waals surface area (Å²) in [7, 11) is 0. The van der Waals surface area contributed by atoms with Crippen molar-refractivity contribution in [2.45, 2.75) is 12.6 Å². The first-order valence-electron chi connectivity index (χ1n) is 3.50. The van der Waals surface area contributed by atoms with Crippen molar-refractivity contribution in [3.8, 4) is 0 Å². The van der Waals surface area contributed by atoms with E-state index >= 15 is 0 Å². The predicted molar refractivity (Wildman–Crippen MR) is 42.9 cm³/mol. The van der Waals surface area contributed by atoms with Crippen LogP contribution in [0.15, 0.2) is 37.1 Å². The van der Waals surface area contributed by atoms with Gasteiger partial charge in [-0.2, -0.15) is 0 Å². The zero-order chi connectivity index (χ0) is 8.10. The van der Waals surface area contributed by atoms with Crippen molar-refractivity contribution in [2.24, 2.45) is 0 Å². The Morgan fingerprint density at radius 2 is 2.45 bits per heavy atom. The van der Waals surface area contributed by atoms with Crippen molar-refractivity contribution in [1.82, 2.24) is 4.98 Å². The van der Waals surface area contributed by atoms with Gasteiger partial charge in [-0.3, -0.25) is 4.98 Å². The molecule has 1 aromatic rings. The van der Waals surface area contributed by atoms with Crippen LogP contribution in [0.25, 0.3) is 0 Å². The number of aromatic nitrogens is 1. The Hall–Kier alpha value is -1.18. The molecule has 1 nitrogen and oxygen atoms in total. The van der Waals surface area contributed by atoms with Gasteiger partial charge in [0.25, 0.3) is 0 Å². The molecular formula is C9H10FN. The van der Waals surface area contributed by atoms with Gasteiger partial charge >= 0.3 is 0 Å². The Bertz CT molecular complexity index is 220. The Kier molecular flexibility index (Phi) is 2.78. The third-order valence-electron chi connectivity index (χ3n) is 1.38. The number of nitrogens with zero attached hydrogens (tertiary/aromatic N) is 1. The van der Waals surface area contributed by atoms with Gasteiger partial charge in [-0.1, -0.05) is 12.1 Å². The van der Waals surface area contributed by atoms with Crippen LogP contribution in [-0.2, 0) is 0 Å². The molecular weight excluding hydrogens is 141 g/mol. The van der Waals surface area contributed by atoms with E-state index < -0.39 is 6.17 Å². The highest BCUT2D eigenvalue weighted by molar-refractivity contribution is 5.07. The molecule has 2 heteroatoms. The van der Waals surface area contributed by atoms with Crippen LogP contribution in [-0.4, -0.2) is 4.98 Å².